The summed E-state index contributed by atoms with van der Waals surface area (Å²) in [5.41, 5.74) is 0.574. The third-order valence-electron chi connectivity index (χ3n) is 4.38. The molecule has 1 heterocycles. The van der Waals surface area contributed by atoms with Crippen LogP contribution < -0.4 is 19.1 Å². The summed E-state index contributed by atoms with van der Waals surface area (Å²) in [5.74, 6) is 0.0106. The van der Waals surface area contributed by atoms with Gasteiger partial charge in [-0.3, -0.25) is 13.8 Å². The largest absolute Gasteiger partial charge is 0.497 e. The predicted octanol–water partition coefficient (Wildman–Crippen LogP) is 2.30. The van der Waals surface area contributed by atoms with Gasteiger partial charge < -0.3 is 10.1 Å². The van der Waals surface area contributed by atoms with Gasteiger partial charge in [-0.15, -0.1) is 0 Å². The lowest BCUT2D eigenvalue weighted by Gasteiger charge is -2.22. The number of ether oxygens (including phenoxy) is 1. The van der Waals surface area contributed by atoms with Crippen molar-refractivity contribution in [3.05, 3.63) is 72.9 Å². The fourth-order valence-electron chi connectivity index (χ4n) is 2.83. The van der Waals surface area contributed by atoms with Crippen molar-refractivity contribution in [3.63, 3.8) is 0 Å². The van der Waals surface area contributed by atoms with Crippen molar-refractivity contribution in [2.24, 2.45) is 0 Å². The van der Waals surface area contributed by atoms with E-state index in [0.29, 0.717) is 11.4 Å². The van der Waals surface area contributed by atoms with Crippen LogP contribution in [0.4, 0.5) is 17.2 Å². The van der Waals surface area contributed by atoms with Crippen molar-refractivity contribution in [1.29, 1.82) is 0 Å². The Labute approximate surface area is 192 Å². The Morgan fingerprint density at radius 2 is 1.73 bits per heavy atom. The SMILES string of the molecule is COc1cccc(N(CC(=O)Nc2ccc(S(=O)(=O)Nc3ccccn3)cc2)S(C)(=O)=O)c1. The molecule has 0 aliphatic carbocycles. The first-order valence-corrected chi connectivity index (χ1v) is 12.9. The quantitative estimate of drug-likeness (QED) is 0.470. The molecule has 0 aliphatic rings. The van der Waals surface area contributed by atoms with Crippen molar-refractivity contribution in [3.8, 4) is 5.75 Å². The van der Waals surface area contributed by atoms with Gasteiger partial charge in [0.25, 0.3) is 10.0 Å². The highest BCUT2D eigenvalue weighted by atomic mass is 32.2. The van der Waals surface area contributed by atoms with Crippen LogP contribution in [0.2, 0.25) is 0 Å². The number of amides is 1. The van der Waals surface area contributed by atoms with Gasteiger partial charge in [-0.1, -0.05) is 12.1 Å². The molecule has 174 valence electrons. The highest BCUT2D eigenvalue weighted by Crippen LogP contribution is 2.23. The number of hydrogen-bond donors (Lipinski definition) is 2. The van der Waals surface area contributed by atoms with Crippen molar-refractivity contribution < 1.29 is 26.4 Å². The molecule has 0 bridgehead atoms. The molecule has 10 nitrogen and oxygen atoms in total. The Kier molecular flexibility index (Phi) is 7.19. The minimum Gasteiger partial charge on any atom is -0.497 e. The monoisotopic (exact) mass is 490 g/mol. The molecule has 0 radical (unpaired) electrons. The second-order valence-electron chi connectivity index (χ2n) is 6.86. The molecule has 12 heteroatoms. The van der Waals surface area contributed by atoms with Crippen LogP contribution in [0.15, 0.2) is 77.8 Å². The number of anilines is 3. The molecule has 3 rings (SSSR count). The molecule has 0 spiro atoms. The number of carbonyl (C=O) groups is 1. The number of nitrogens with zero attached hydrogens (tertiary/aromatic N) is 2. The molecule has 33 heavy (non-hydrogen) atoms. The normalized spacial score (nSPS) is 11.5. The average Bonchev–Trinajstić information content (AvgIpc) is 2.77. The Morgan fingerprint density at radius 1 is 1.00 bits per heavy atom. The number of aromatic nitrogens is 1. The summed E-state index contributed by atoms with van der Waals surface area (Å²) in [6, 6.07) is 16.6. The minimum atomic E-state index is -3.86. The number of hydrogen-bond acceptors (Lipinski definition) is 7. The first kappa shape index (κ1) is 24.0. The lowest BCUT2D eigenvalue weighted by molar-refractivity contribution is -0.114. The first-order valence-electron chi connectivity index (χ1n) is 9.54. The summed E-state index contributed by atoms with van der Waals surface area (Å²) in [5, 5.41) is 2.57. The first-order chi connectivity index (χ1) is 15.6. The van der Waals surface area contributed by atoms with Gasteiger partial charge in [-0.2, -0.15) is 0 Å². The van der Waals surface area contributed by atoms with Crippen molar-refractivity contribution in [2.45, 2.75) is 4.90 Å². The summed E-state index contributed by atoms with van der Waals surface area (Å²) >= 11 is 0. The number of rotatable bonds is 9. The molecule has 2 N–H and O–H groups in total. The topological polar surface area (TPSA) is 135 Å². The van der Waals surface area contributed by atoms with E-state index in [0.717, 1.165) is 10.6 Å². The third kappa shape index (κ3) is 6.43. The molecular formula is C21H22N4O6S2. The smallest absolute Gasteiger partial charge is 0.263 e. The molecule has 0 saturated heterocycles. The number of sulfonamides is 2. The van der Waals surface area contributed by atoms with Crippen molar-refractivity contribution in [2.75, 3.05) is 34.3 Å². The molecule has 0 unspecified atom stereocenters. The van der Waals surface area contributed by atoms with E-state index in [-0.39, 0.29) is 16.4 Å². The standard InChI is InChI=1S/C21H22N4O6S2/c1-31-18-7-5-6-17(14-18)25(32(2,27)28)15-21(26)23-16-9-11-19(12-10-16)33(29,30)24-20-8-3-4-13-22-20/h3-14H,15H2,1-2H3,(H,22,24)(H,23,26). The van der Waals surface area contributed by atoms with E-state index in [9.17, 15) is 21.6 Å². The summed E-state index contributed by atoms with van der Waals surface area (Å²) in [6.45, 7) is -0.479. The van der Waals surface area contributed by atoms with Gasteiger partial charge in [0.2, 0.25) is 15.9 Å². The van der Waals surface area contributed by atoms with E-state index in [1.54, 1.807) is 30.3 Å². The molecule has 0 fully saturated rings. The zero-order valence-corrected chi connectivity index (χ0v) is 19.4. The summed E-state index contributed by atoms with van der Waals surface area (Å²) in [4.78, 5) is 16.4. The lowest BCUT2D eigenvalue weighted by atomic mass is 10.3. The van der Waals surface area contributed by atoms with Crippen LogP contribution in [0.5, 0.6) is 5.75 Å². The Balaban J connectivity index is 1.71. The lowest BCUT2D eigenvalue weighted by Crippen LogP contribution is -2.37. The van der Waals surface area contributed by atoms with Gasteiger partial charge in [0.05, 0.1) is 23.9 Å². The van der Waals surface area contributed by atoms with Crippen molar-refractivity contribution >= 4 is 43.1 Å². The summed E-state index contributed by atoms with van der Waals surface area (Å²) in [7, 11) is -6.18. The maximum absolute atomic E-state index is 12.5. The zero-order chi connectivity index (χ0) is 24.1. The molecule has 2 aromatic carbocycles. The Morgan fingerprint density at radius 3 is 2.33 bits per heavy atom. The van der Waals surface area contributed by atoms with E-state index in [4.69, 9.17) is 4.74 Å². The molecular weight excluding hydrogens is 468 g/mol. The second kappa shape index (κ2) is 9.88. The van der Waals surface area contributed by atoms with E-state index < -0.39 is 32.5 Å². The van der Waals surface area contributed by atoms with Crippen LogP contribution in [0, 0.1) is 0 Å². The van der Waals surface area contributed by atoms with Crippen LogP contribution in [-0.4, -0.2) is 47.6 Å². The predicted molar refractivity (Wildman–Crippen MR) is 125 cm³/mol. The van der Waals surface area contributed by atoms with Crippen molar-refractivity contribution in [1.82, 2.24) is 4.98 Å². The van der Waals surface area contributed by atoms with Gasteiger partial charge in [-0.05, 0) is 48.5 Å². The van der Waals surface area contributed by atoms with Crippen LogP contribution in [-0.2, 0) is 24.8 Å². The third-order valence-corrected chi connectivity index (χ3v) is 6.89. The zero-order valence-electron chi connectivity index (χ0n) is 17.8. The summed E-state index contributed by atoms with van der Waals surface area (Å²) < 4.78 is 57.9. The van der Waals surface area contributed by atoms with Gasteiger partial charge in [0.15, 0.2) is 0 Å². The Bertz CT molecular complexity index is 1330. The van der Waals surface area contributed by atoms with E-state index in [1.165, 1.54) is 49.7 Å². The second-order valence-corrected chi connectivity index (χ2v) is 10.5. The van der Waals surface area contributed by atoms with E-state index in [2.05, 4.69) is 15.0 Å². The Hall–Kier alpha value is -3.64. The molecule has 0 saturated carbocycles. The van der Waals surface area contributed by atoms with Gasteiger partial charge in [-0.25, -0.2) is 21.8 Å². The highest BCUT2D eigenvalue weighted by molar-refractivity contribution is 7.92. The number of carbonyl (C=O) groups excluding carboxylic acids is 1. The highest BCUT2D eigenvalue weighted by Gasteiger charge is 2.22. The molecule has 0 atom stereocenters. The minimum absolute atomic E-state index is 0.0275. The van der Waals surface area contributed by atoms with Crippen LogP contribution in [0.25, 0.3) is 0 Å². The van der Waals surface area contributed by atoms with Crippen LogP contribution in [0.1, 0.15) is 0 Å². The van der Waals surface area contributed by atoms with Crippen LogP contribution in [0.3, 0.4) is 0 Å². The van der Waals surface area contributed by atoms with E-state index >= 15 is 0 Å². The fraction of sp³-hybridized carbons (Fsp3) is 0.143. The van der Waals surface area contributed by atoms with E-state index in [1.807, 2.05) is 0 Å². The maximum Gasteiger partial charge on any atom is 0.263 e. The maximum atomic E-state index is 12.5. The molecule has 1 amide bonds. The number of pyridine rings is 1. The van der Waals surface area contributed by atoms with Gasteiger partial charge >= 0.3 is 0 Å². The number of nitrogens with one attached hydrogen (secondary N) is 2. The van der Waals surface area contributed by atoms with Crippen LogP contribution >= 0.6 is 0 Å². The molecule has 0 aliphatic heterocycles. The van der Waals surface area contributed by atoms with Gasteiger partial charge in [0.1, 0.15) is 18.1 Å². The number of benzene rings is 2. The number of methoxy groups -OCH3 is 1. The molecule has 3 aromatic rings. The molecule has 1 aromatic heterocycles. The summed E-state index contributed by atoms with van der Waals surface area (Å²) in [6.07, 6.45) is 2.45. The average molecular weight is 491 g/mol. The fourth-order valence-corrected chi connectivity index (χ4v) is 4.69. The van der Waals surface area contributed by atoms with Gasteiger partial charge in [0, 0.05) is 18.0 Å².